The van der Waals surface area contributed by atoms with Crippen molar-refractivity contribution >= 4 is 29.0 Å². The molecule has 5 nitrogen and oxygen atoms in total. The maximum absolute atomic E-state index is 14.2. The average Bonchev–Trinajstić information content (AvgIpc) is 3.56. The van der Waals surface area contributed by atoms with Crippen molar-refractivity contribution in [1.29, 1.82) is 0 Å². The zero-order chi connectivity index (χ0) is 23.7. The SMILES string of the molecule is Cc1cc2c(cc1-c1cnc(N)c(OC3(c4c(Cl)ccc(F)c4Cl)CC3)c1)CCC1(CNC1)O2. The van der Waals surface area contributed by atoms with Gasteiger partial charge in [0.2, 0.25) is 0 Å². The number of benzene rings is 2. The number of fused-ring (bicyclic) bond motifs is 1. The molecule has 34 heavy (non-hydrogen) atoms. The number of aryl methyl sites for hydroxylation is 2. The summed E-state index contributed by atoms with van der Waals surface area (Å²) in [6.45, 7) is 3.86. The number of pyridine rings is 1. The predicted molar refractivity (Wildman–Crippen MR) is 131 cm³/mol. The van der Waals surface area contributed by atoms with E-state index in [0.717, 1.165) is 48.4 Å². The lowest BCUT2D eigenvalue weighted by Gasteiger charge is -2.46. The molecule has 6 rings (SSSR count). The van der Waals surface area contributed by atoms with E-state index in [1.165, 1.54) is 17.7 Å². The van der Waals surface area contributed by atoms with E-state index in [-0.39, 0.29) is 16.4 Å². The fraction of sp³-hybridized carbons (Fsp3) is 0.346. The number of hydrogen-bond donors (Lipinski definition) is 2. The summed E-state index contributed by atoms with van der Waals surface area (Å²) in [5, 5.41) is 3.67. The van der Waals surface area contributed by atoms with Crippen LogP contribution in [0.5, 0.6) is 11.5 Å². The summed E-state index contributed by atoms with van der Waals surface area (Å²) in [5.74, 6) is 1.12. The Morgan fingerprint density at radius 3 is 2.65 bits per heavy atom. The van der Waals surface area contributed by atoms with Gasteiger partial charge in [0, 0.05) is 35.4 Å². The molecule has 2 fully saturated rings. The third-order valence-electron chi connectivity index (χ3n) is 7.18. The van der Waals surface area contributed by atoms with Crippen LogP contribution in [0.4, 0.5) is 10.2 Å². The zero-order valence-corrected chi connectivity index (χ0v) is 20.2. The van der Waals surface area contributed by atoms with Gasteiger partial charge >= 0.3 is 0 Å². The predicted octanol–water partition coefficient (Wildman–Crippen LogP) is 5.82. The maximum atomic E-state index is 14.2. The molecule has 2 aromatic carbocycles. The lowest BCUT2D eigenvalue weighted by Crippen LogP contribution is -2.64. The lowest BCUT2D eigenvalue weighted by molar-refractivity contribution is -0.00234. The summed E-state index contributed by atoms with van der Waals surface area (Å²) in [6.07, 6.45) is 5.04. The molecule has 1 saturated carbocycles. The average molecular weight is 500 g/mol. The molecule has 176 valence electrons. The van der Waals surface area contributed by atoms with Crippen molar-refractivity contribution in [3.63, 3.8) is 0 Å². The molecular weight excluding hydrogens is 476 g/mol. The third-order valence-corrected chi connectivity index (χ3v) is 7.86. The smallest absolute Gasteiger partial charge is 0.166 e. The van der Waals surface area contributed by atoms with Crippen LogP contribution in [-0.2, 0) is 12.0 Å². The molecular formula is C26H24Cl2FN3O2. The zero-order valence-electron chi connectivity index (χ0n) is 18.7. The summed E-state index contributed by atoms with van der Waals surface area (Å²) < 4.78 is 26.9. The molecule has 0 atom stereocenters. The van der Waals surface area contributed by atoms with Crippen LogP contribution in [0.25, 0.3) is 11.1 Å². The quantitative estimate of drug-likeness (QED) is 0.442. The van der Waals surface area contributed by atoms with Crippen LogP contribution < -0.4 is 20.5 Å². The van der Waals surface area contributed by atoms with E-state index in [4.69, 9.17) is 38.4 Å². The molecule has 0 unspecified atom stereocenters. The Bertz CT molecular complexity index is 1320. The monoisotopic (exact) mass is 499 g/mol. The summed E-state index contributed by atoms with van der Waals surface area (Å²) >= 11 is 12.7. The summed E-state index contributed by atoms with van der Waals surface area (Å²) in [7, 11) is 0. The first-order valence-electron chi connectivity index (χ1n) is 11.4. The number of nitrogen functional groups attached to an aromatic ring is 1. The van der Waals surface area contributed by atoms with Gasteiger partial charge in [0.05, 0.1) is 5.02 Å². The van der Waals surface area contributed by atoms with E-state index < -0.39 is 11.4 Å². The number of rotatable bonds is 4. The van der Waals surface area contributed by atoms with Gasteiger partial charge in [-0.05, 0) is 79.6 Å². The molecule has 2 aliphatic heterocycles. The molecule has 1 aliphatic carbocycles. The Balaban J connectivity index is 1.34. The highest BCUT2D eigenvalue weighted by molar-refractivity contribution is 6.36. The Labute approximate surface area is 207 Å². The highest BCUT2D eigenvalue weighted by atomic mass is 35.5. The van der Waals surface area contributed by atoms with Crippen molar-refractivity contribution < 1.29 is 13.9 Å². The van der Waals surface area contributed by atoms with Crippen molar-refractivity contribution in [2.24, 2.45) is 0 Å². The maximum Gasteiger partial charge on any atom is 0.166 e. The first-order valence-corrected chi connectivity index (χ1v) is 12.2. The van der Waals surface area contributed by atoms with Crippen LogP contribution in [0.1, 0.15) is 36.0 Å². The van der Waals surface area contributed by atoms with Crippen molar-refractivity contribution in [3.05, 3.63) is 69.1 Å². The Hall–Kier alpha value is -2.54. The first-order chi connectivity index (χ1) is 16.3. The number of anilines is 1. The number of nitrogens with two attached hydrogens (primary N) is 1. The van der Waals surface area contributed by atoms with E-state index in [2.05, 4.69) is 29.4 Å². The number of aromatic nitrogens is 1. The van der Waals surface area contributed by atoms with Crippen LogP contribution in [-0.4, -0.2) is 23.7 Å². The second-order valence-electron chi connectivity index (χ2n) is 9.59. The van der Waals surface area contributed by atoms with Crippen molar-refractivity contribution in [2.75, 3.05) is 18.8 Å². The molecule has 3 N–H and O–H groups in total. The number of nitrogens with zero attached hydrogens (tertiary/aromatic N) is 1. The largest absolute Gasteiger partial charge is 0.484 e. The van der Waals surface area contributed by atoms with Crippen molar-refractivity contribution in [1.82, 2.24) is 10.3 Å². The second kappa shape index (κ2) is 7.74. The van der Waals surface area contributed by atoms with Crippen molar-refractivity contribution in [2.45, 2.75) is 43.8 Å². The van der Waals surface area contributed by atoms with Gasteiger partial charge in [0.1, 0.15) is 22.8 Å². The van der Waals surface area contributed by atoms with Gasteiger partial charge in [-0.25, -0.2) is 9.37 Å². The molecule has 8 heteroatoms. The number of ether oxygens (including phenoxy) is 2. The van der Waals surface area contributed by atoms with Crippen LogP contribution in [0.15, 0.2) is 36.5 Å². The number of hydrogen-bond acceptors (Lipinski definition) is 5. The van der Waals surface area contributed by atoms with Gasteiger partial charge < -0.3 is 20.5 Å². The van der Waals surface area contributed by atoms with E-state index in [1.54, 1.807) is 6.20 Å². The molecule has 0 radical (unpaired) electrons. The second-order valence-corrected chi connectivity index (χ2v) is 10.4. The Kier molecular flexibility index (Phi) is 5.00. The minimum absolute atomic E-state index is 0.0161. The Morgan fingerprint density at radius 1 is 1.15 bits per heavy atom. The normalized spacial score (nSPS) is 19.2. The van der Waals surface area contributed by atoms with Gasteiger partial charge in [-0.2, -0.15) is 0 Å². The molecule has 3 aromatic rings. The van der Waals surface area contributed by atoms with Crippen LogP contribution in [0.3, 0.4) is 0 Å². The topological polar surface area (TPSA) is 69.4 Å². The van der Waals surface area contributed by atoms with Crippen LogP contribution in [0, 0.1) is 12.7 Å². The van der Waals surface area contributed by atoms with Gasteiger partial charge in [0.25, 0.3) is 0 Å². The van der Waals surface area contributed by atoms with E-state index in [1.807, 2.05) is 6.07 Å². The third kappa shape index (κ3) is 3.51. The van der Waals surface area contributed by atoms with E-state index in [9.17, 15) is 4.39 Å². The molecule has 3 heterocycles. The minimum atomic E-state index is -0.811. The van der Waals surface area contributed by atoms with E-state index in [0.29, 0.717) is 29.2 Å². The first kappa shape index (κ1) is 22.0. The van der Waals surface area contributed by atoms with Crippen LogP contribution >= 0.6 is 23.2 Å². The molecule has 1 saturated heterocycles. The summed E-state index contributed by atoms with van der Waals surface area (Å²) in [4.78, 5) is 4.40. The standard InChI is InChI=1S/C26H24Cl2FN3O2/c1-14-8-20-15(4-5-25(33-20)12-31-13-25)9-17(14)16-10-21(24(30)32-11-16)34-26(6-7-26)22-18(27)2-3-19(29)23(22)28/h2-3,8-11,31H,4-7,12-13H2,1H3,(H2,30,32). The molecule has 1 aromatic heterocycles. The van der Waals surface area contributed by atoms with Gasteiger partial charge in [-0.3, -0.25) is 0 Å². The highest BCUT2D eigenvalue weighted by Gasteiger charge is 2.51. The van der Waals surface area contributed by atoms with Crippen LogP contribution in [0.2, 0.25) is 10.0 Å². The van der Waals surface area contributed by atoms with Gasteiger partial charge in [-0.1, -0.05) is 23.2 Å². The number of nitrogens with one attached hydrogen (secondary N) is 1. The summed E-state index contributed by atoms with van der Waals surface area (Å²) in [5.41, 5.74) is 9.99. The minimum Gasteiger partial charge on any atom is -0.484 e. The molecule has 1 spiro atoms. The summed E-state index contributed by atoms with van der Waals surface area (Å²) in [6, 6.07) is 8.93. The molecule has 0 bridgehead atoms. The number of halogens is 3. The lowest BCUT2D eigenvalue weighted by atomic mass is 9.85. The fourth-order valence-corrected chi connectivity index (χ4v) is 5.70. The Morgan fingerprint density at radius 2 is 1.94 bits per heavy atom. The van der Waals surface area contributed by atoms with Gasteiger partial charge in [0.15, 0.2) is 11.6 Å². The molecule has 3 aliphatic rings. The van der Waals surface area contributed by atoms with Crippen molar-refractivity contribution in [3.8, 4) is 22.6 Å². The highest BCUT2D eigenvalue weighted by Crippen LogP contribution is 2.55. The van der Waals surface area contributed by atoms with E-state index >= 15 is 0 Å². The van der Waals surface area contributed by atoms with Gasteiger partial charge in [-0.15, -0.1) is 0 Å². The fourth-order valence-electron chi connectivity index (χ4n) is 4.98. The molecule has 0 amide bonds.